The molecular weight excluding hydrogens is 136 g/mol. The van der Waals surface area contributed by atoms with Crippen molar-refractivity contribution in [3.8, 4) is 0 Å². The lowest BCUT2D eigenvalue weighted by Crippen LogP contribution is -2.31. The summed E-state index contributed by atoms with van der Waals surface area (Å²) in [6.07, 6.45) is 2.69. The Morgan fingerprint density at radius 3 is 2.45 bits per heavy atom. The smallest absolute Gasteiger partial charge is 0.149 e. The Hall–Kier alpha value is -0.460. The molecule has 1 fully saturated rings. The van der Waals surface area contributed by atoms with Gasteiger partial charge in [-0.3, -0.25) is 0 Å². The minimum Gasteiger partial charge on any atom is -0.458 e. The van der Waals surface area contributed by atoms with Crippen molar-refractivity contribution in [1.82, 2.24) is 0 Å². The summed E-state index contributed by atoms with van der Waals surface area (Å²) in [5.41, 5.74) is 0.878. The van der Waals surface area contributed by atoms with Gasteiger partial charge < -0.3 is 4.74 Å². The fourth-order valence-corrected chi connectivity index (χ4v) is 3.06. The van der Waals surface area contributed by atoms with Crippen molar-refractivity contribution in [2.75, 3.05) is 0 Å². The average Bonchev–Trinajstić information content (AvgIpc) is 2.60. The lowest BCUT2D eigenvalue weighted by Gasteiger charge is -2.36. The first-order valence-corrected chi connectivity index (χ1v) is 4.50. The van der Waals surface area contributed by atoms with Crippen LogP contribution in [0.1, 0.15) is 33.6 Å². The second-order valence-electron chi connectivity index (χ2n) is 4.94. The van der Waals surface area contributed by atoms with E-state index in [4.69, 9.17) is 4.74 Å². The minimum absolute atomic E-state index is 0.396. The molecule has 0 amide bonds. The van der Waals surface area contributed by atoms with Gasteiger partial charge in [-0.25, -0.2) is 0 Å². The average molecular weight is 150 g/mol. The molecule has 2 bridgehead atoms. The zero-order valence-corrected chi connectivity index (χ0v) is 7.40. The Balaban J connectivity index is 2.19. The van der Waals surface area contributed by atoms with Gasteiger partial charge in [-0.2, -0.15) is 0 Å². The van der Waals surface area contributed by atoms with Crippen molar-refractivity contribution >= 4 is 0 Å². The maximum atomic E-state index is 5.51. The largest absolute Gasteiger partial charge is 0.458 e. The fourth-order valence-electron chi connectivity index (χ4n) is 3.06. The van der Waals surface area contributed by atoms with Crippen molar-refractivity contribution in [2.45, 2.75) is 33.6 Å². The zero-order chi connectivity index (χ0) is 7.85. The van der Waals surface area contributed by atoms with E-state index in [2.05, 4.69) is 20.8 Å². The van der Waals surface area contributed by atoms with Gasteiger partial charge in [0, 0.05) is 11.3 Å². The third-order valence-electron chi connectivity index (χ3n) is 4.44. The quantitative estimate of drug-likeness (QED) is 0.517. The molecule has 3 rings (SSSR count). The van der Waals surface area contributed by atoms with E-state index in [0.717, 1.165) is 5.92 Å². The molecule has 2 atom stereocenters. The molecule has 0 aromatic rings. The van der Waals surface area contributed by atoms with Crippen LogP contribution < -0.4 is 0 Å². The van der Waals surface area contributed by atoms with Crippen molar-refractivity contribution in [3.05, 3.63) is 11.5 Å². The molecule has 1 aliphatic heterocycles. The summed E-state index contributed by atoms with van der Waals surface area (Å²) in [6.45, 7) is 7.14. The summed E-state index contributed by atoms with van der Waals surface area (Å²) >= 11 is 0. The Labute approximate surface area is 67.4 Å². The third kappa shape index (κ3) is 0.406. The standard InChI is InChI=1S/C10H14O/c1-9(2)6-4-5-10(9,3)8-7(6)11-8/h6H,4-5H2,1-3H3. The Bertz CT molecular complexity index is 275. The van der Waals surface area contributed by atoms with Crippen LogP contribution in [-0.2, 0) is 4.74 Å². The van der Waals surface area contributed by atoms with E-state index >= 15 is 0 Å². The van der Waals surface area contributed by atoms with Crippen molar-refractivity contribution in [3.63, 3.8) is 0 Å². The second kappa shape index (κ2) is 1.26. The molecule has 0 radical (unpaired) electrons. The highest BCUT2D eigenvalue weighted by Gasteiger charge is 2.68. The SMILES string of the molecule is CC12CCC(C3=C1O3)C2(C)C. The summed E-state index contributed by atoms with van der Waals surface area (Å²) in [7, 11) is 0. The van der Waals surface area contributed by atoms with Gasteiger partial charge in [0.05, 0.1) is 0 Å². The monoisotopic (exact) mass is 150 g/mol. The first-order chi connectivity index (χ1) is 5.07. The number of allylic oxidation sites excluding steroid dienone is 2. The molecule has 2 unspecified atom stereocenters. The molecular formula is C10H14O. The van der Waals surface area contributed by atoms with E-state index in [1.807, 2.05) is 0 Å². The maximum Gasteiger partial charge on any atom is 0.149 e. The second-order valence-corrected chi connectivity index (χ2v) is 4.94. The predicted octanol–water partition coefficient (Wildman–Crippen LogP) is 2.68. The van der Waals surface area contributed by atoms with Crippen molar-refractivity contribution in [2.24, 2.45) is 16.7 Å². The lowest BCUT2D eigenvalue weighted by atomic mass is 9.69. The maximum absolute atomic E-state index is 5.51. The van der Waals surface area contributed by atoms with E-state index in [0.29, 0.717) is 10.8 Å². The van der Waals surface area contributed by atoms with Gasteiger partial charge in [0.15, 0.2) is 0 Å². The Morgan fingerprint density at radius 1 is 1.36 bits per heavy atom. The van der Waals surface area contributed by atoms with Gasteiger partial charge in [0.2, 0.25) is 0 Å². The molecule has 0 aromatic carbocycles. The minimum atomic E-state index is 0.396. The normalized spacial score (nSPS) is 49.2. The first-order valence-electron chi connectivity index (χ1n) is 4.50. The van der Waals surface area contributed by atoms with Crippen LogP contribution in [0.2, 0.25) is 0 Å². The fraction of sp³-hybridized carbons (Fsp3) is 0.800. The van der Waals surface area contributed by atoms with Gasteiger partial charge in [-0.05, 0) is 18.3 Å². The zero-order valence-electron chi connectivity index (χ0n) is 7.40. The van der Waals surface area contributed by atoms with Crippen molar-refractivity contribution in [1.29, 1.82) is 0 Å². The molecule has 0 saturated heterocycles. The topological polar surface area (TPSA) is 12.5 Å². The molecule has 0 N–H and O–H groups in total. The Kier molecular flexibility index (Phi) is 0.696. The number of ether oxygens (including phenoxy) is 1. The van der Waals surface area contributed by atoms with Crippen LogP contribution in [0.3, 0.4) is 0 Å². The molecule has 2 aliphatic carbocycles. The number of hydrogen-bond donors (Lipinski definition) is 0. The summed E-state index contributed by atoms with van der Waals surface area (Å²) in [5, 5.41) is 0. The van der Waals surface area contributed by atoms with Gasteiger partial charge in [0.25, 0.3) is 0 Å². The summed E-state index contributed by atoms with van der Waals surface area (Å²) in [5.74, 6) is 3.45. The van der Waals surface area contributed by atoms with Crippen LogP contribution in [0, 0.1) is 16.7 Å². The number of rotatable bonds is 0. The molecule has 1 heteroatoms. The molecule has 11 heavy (non-hydrogen) atoms. The van der Waals surface area contributed by atoms with E-state index in [-0.39, 0.29) is 0 Å². The molecule has 0 spiro atoms. The molecule has 1 nitrogen and oxygen atoms in total. The highest BCUT2D eigenvalue weighted by atomic mass is 16.6. The number of fused-ring (bicyclic) bond motifs is 4. The van der Waals surface area contributed by atoms with E-state index in [1.54, 1.807) is 0 Å². The summed E-state index contributed by atoms with van der Waals surface area (Å²) < 4.78 is 5.51. The molecule has 1 saturated carbocycles. The van der Waals surface area contributed by atoms with Crippen LogP contribution in [-0.4, -0.2) is 0 Å². The molecule has 1 heterocycles. The van der Waals surface area contributed by atoms with Crippen LogP contribution in [0.25, 0.3) is 0 Å². The van der Waals surface area contributed by atoms with Gasteiger partial charge in [-0.15, -0.1) is 0 Å². The third-order valence-corrected chi connectivity index (χ3v) is 4.44. The molecule has 0 aromatic heterocycles. The predicted molar refractivity (Wildman–Crippen MR) is 42.7 cm³/mol. The number of hydrogen-bond acceptors (Lipinski definition) is 1. The van der Waals surface area contributed by atoms with E-state index in [9.17, 15) is 0 Å². The van der Waals surface area contributed by atoms with Gasteiger partial charge in [0.1, 0.15) is 11.5 Å². The highest BCUT2D eigenvalue weighted by Crippen LogP contribution is 2.74. The van der Waals surface area contributed by atoms with E-state index < -0.39 is 0 Å². The van der Waals surface area contributed by atoms with E-state index in [1.165, 1.54) is 24.4 Å². The van der Waals surface area contributed by atoms with Gasteiger partial charge in [-0.1, -0.05) is 20.8 Å². The van der Waals surface area contributed by atoms with Gasteiger partial charge >= 0.3 is 0 Å². The highest BCUT2D eigenvalue weighted by molar-refractivity contribution is 5.41. The molecule has 3 aliphatic rings. The summed E-state index contributed by atoms with van der Waals surface area (Å²) in [4.78, 5) is 0. The van der Waals surface area contributed by atoms with Crippen molar-refractivity contribution < 1.29 is 4.74 Å². The molecule has 60 valence electrons. The Morgan fingerprint density at radius 2 is 2.09 bits per heavy atom. The summed E-state index contributed by atoms with van der Waals surface area (Å²) in [6, 6.07) is 0. The van der Waals surface area contributed by atoms with Crippen LogP contribution >= 0.6 is 0 Å². The first kappa shape index (κ1) is 6.10. The lowest BCUT2D eigenvalue weighted by molar-refractivity contribution is 0.0944. The van der Waals surface area contributed by atoms with Crippen LogP contribution in [0.4, 0.5) is 0 Å². The van der Waals surface area contributed by atoms with Crippen LogP contribution in [0.5, 0.6) is 0 Å². The van der Waals surface area contributed by atoms with Crippen LogP contribution in [0.15, 0.2) is 11.5 Å².